The van der Waals surface area contributed by atoms with E-state index in [1.54, 1.807) is 4.90 Å². The van der Waals surface area contributed by atoms with Crippen LogP contribution in [0.25, 0.3) is 0 Å². The molecule has 2 aromatic carbocycles. The number of nitrogens with zero attached hydrogens (tertiary/aromatic N) is 2. The maximum absolute atomic E-state index is 12.2. The van der Waals surface area contributed by atoms with E-state index in [1.807, 2.05) is 48.5 Å². The summed E-state index contributed by atoms with van der Waals surface area (Å²) in [5, 5.41) is 8.78. The zero-order valence-corrected chi connectivity index (χ0v) is 11.0. The number of carbonyl (C=O) groups excluding carboxylic acids is 1. The number of hydrogen-bond donors (Lipinski definition) is 0. The van der Waals surface area contributed by atoms with Crippen molar-refractivity contribution < 1.29 is 4.79 Å². The molecule has 20 heavy (non-hydrogen) atoms. The van der Waals surface area contributed by atoms with Gasteiger partial charge in [-0.2, -0.15) is 5.26 Å². The molecule has 0 unspecified atom stereocenters. The molecular formula is C17H14N2O. The van der Waals surface area contributed by atoms with Crippen LogP contribution in [0.5, 0.6) is 0 Å². The SMILES string of the molecule is N#CCC(=O)N1Cc2ccccc2Cc2ccccc21. The molecule has 0 aliphatic carbocycles. The summed E-state index contributed by atoms with van der Waals surface area (Å²) in [5.74, 6) is -0.142. The van der Waals surface area contributed by atoms with Gasteiger partial charge in [0.25, 0.3) is 0 Å². The normalized spacial score (nSPS) is 12.8. The first-order valence-corrected chi connectivity index (χ1v) is 6.61. The number of carbonyl (C=O) groups is 1. The largest absolute Gasteiger partial charge is 0.307 e. The third kappa shape index (κ3) is 2.17. The molecule has 0 spiro atoms. The van der Waals surface area contributed by atoms with Gasteiger partial charge in [-0.1, -0.05) is 42.5 Å². The third-order valence-electron chi connectivity index (χ3n) is 3.64. The number of fused-ring (bicyclic) bond motifs is 2. The minimum Gasteiger partial charge on any atom is -0.307 e. The van der Waals surface area contributed by atoms with Crippen LogP contribution in [-0.2, 0) is 17.8 Å². The lowest BCUT2D eigenvalue weighted by Gasteiger charge is -2.22. The Bertz CT molecular complexity index is 700. The Morgan fingerprint density at radius 2 is 1.70 bits per heavy atom. The Morgan fingerprint density at radius 3 is 2.45 bits per heavy atom. The van der Waals surface area contributed by atoms with Crippen molar-refractivity contribution in [3.05, 3.63) is 65.2 Å². The first-order chi connectivity index (χ1) is 9.79. The molecule has 3 rings (SSSR count). The molecule has 0 N–H and O–H groups in total. The Morgan fingerprint density at radius 1 is 1.05 bits per heavy atom. The van der Waals surface area contributed by atoms with Crippen molar-refractivity contribution in [2.24, 2.45) is 0 Å². The smallest absolute Gasteiger partial charge is 0.241 e. The zero-order valence-electron chi connectivity index (χ0n) is 11.0. The fraction of sp³-hybridized carbons (Fsp3) is 0.176. The zero-order chi connectivity index (χ0) is 13.9. The number of rotatable bonds is 1. The van der Waals surface area contributed by atoms with Crippen LogP contribution in [0, 0.1) is 11.3 Å². The maximum atomic E-state index is 12.2. The molecule has 2 aromatic rings. The molecule has 0 saturated heterocycles. The Kier molecular flexibility index (Phi) is 3.22. The van der Waals surface area contributed by atoms with Gasteiger partial charge in [0.2, 0.25) is 5.91 Å². The quantitative estimate of drug-likeness (QED) is 0.792. The summed E-state index contributed by atoms with van der Waals surface area (Å²) in [6.45, 7) is 0.535. The van der Waals surface area contributed by atoms with Crippen LogP contribution in [0.15, 0.2) is 48.5 Å². The summed E-state index contributed by atoms with van der Waals surface area (Å²) < 4.78 is 0. The first kappa shape index (κ1) is 12.4. The molecule has 3 heteroatoms. The second-order valence-electron chi connectivity index (χ2n) is 4.89. The predicted octanol–water partition coefficient (Wildman–Crippen LogP) is 3.04. The van der Waals surface area contributed by atoms with E-state index in [9.17, 15) is 4.79 Å². The highest BCUT2D eigenvalue weighted by atomic mass is 16.2. The average molecular weight is 262 g/mol. The van der Waals surface area contributed by atoms with Crippen LogP contribution < -0.4 is 4.90 Å². The van der Waals surface area contributed by atoms with Crippen molar-refractivity contribution in [2.75, 3.05) is 4.90 Å². The van der Waals surface area contributed by atoms with Gasteiger partial charge in [-0.05, 0) is 29.2 Å². The van der Waals surface area contributed by atoms with Gasteiger partial charge < -0.3 is 4.90 Å². The lowest BCUT2D eigenvalue weighted by molar-refractivity contribution is -0.117. The summed E-state index contributed by atoms with van der Waals surface area (Å²) >= 11 is 0. The van der Waals surface area contributed by atoms with E-state index in [1.165, 1.54) is 5.56 Å². The van der Waals surface area contributed by atoms with Crippen LogP contribution in [-0.4, -0.2) is 5.91 Å². The van der Waals surface area contributed by atoms with Crippen LogP contribution >= 0.6 is 0 Å². The molecule has 0 radical (unpaired) electrons. The van der Waals surface area contributed by atoms with Gasteiger partial charge in [0.15, 0.2) is 0 Å². The van der Waals surface area contributed by atoms with E-state index < -0.39 is 0 Å². The molecule has 1 aliphatic rings. The minimum atomic E-state index is -0.142. The standard InChI is InChI=1S/C17H14N2O/c18-10-9-17(20)19-12-15-7-2-1-5-13(15)11-14-6-3-4-8-16(14)19/h1-8H,9,11-12H2. The van der Waals surface area contributed by atoms with Crippen molar-refractivity contribution in [3.63, 3.8) is 0 Å². The number of hydrogen-bond acceptors (Lipinski definition) is 2. The topological polar surface area (TPSA) is 44.1 Å². The average Bonchev–Trinajstić information content (AvgIpc) is 2.64. The number of benzene rings is 2. The summed E-state index contributed by atoms with van der Waals surface area (Å²) in [6.07, 6.45) is 0.735. The highest BCUT2D eigenvalue weighted by Crippen LogP contribution is 2.30. The van der Waals surface area contributed by atoms with E-state index in [2.05, 4.69) is 6.07 Å². The van der Waals surface area contributed by atoms with E-state index in [4.69, 9.17) is 5.26 Å². The molecular weight excluding hydrogens is 248 g/mol. The number of amides is 1. The molecule has 0 fully saturated rings. The molecule has 0 aromatic heterocycles. The van der Waals surface area contributed by atoms with Crippen molar-refractivity contribution in [2.45, 2.75) is 19.4 Å². The van der Waals surface area contributed by atoms with Gasteiger partial charge in [-0.3, -0.25) is 4.79 Å². The van der Waals surface area contributed by atoms with Gasteiger partial charge >= 0.3 is 0 Å². The molecule has 1 amide bonds. The maximum Gasteiger partial charge on any atom is 0.241 e. The molecule has 98 valence electrons. The van der Waals surface area contributed by atoms with Crippen molar-refractivity contribution in [1.82, 2.24) is 0 Å². The minimum absolute atomic E-state index is 0.0868. The molecule has 3 nitrogen and oxygen atoms in total. The molecule has 1 aliphatic heterocycles. The van der Waals surface area contributed by atoms with Crippen LogP contribution in [0.2, 0.25) is 0 Å². The highest BCUT2D eigenvalue weighted by molar-refractivity contribution is 5.95. The first-order valence-electron chi connectivity index (χ1n) is 6.61. The van der Waals surface area contributed by atoms with E-state index in [-0.39, 0.29) is 12.3 Å². The van der Waals surface area contributed by atoms with Gasteiger partial charge in [-0.25, -0.2) is 0 Å². The van der Waals surface area contributed by atoms with E-state index in [0.717, 1.165) is 23.2 Å². The summed E-state index contributed by atoms with van der Waals surface area (Å²) in [4.78, 5) is 14.0. The van der Waals surface area contributed by atoms with Crippen molar-refractivity contribution in [1.29, 1.82) is 5.26 Å². The van der Waals surface area contributed by atoms with E-state index >= 15 is 0 Å². The number of para-hydroxylation sites is 1. The third-order valence-corrected chi connectivity index (χ3v) is 3.64. The van der Waals surface area contributed by atoms with E-state index in [0.29, 0.717) is 6.54 Å². The van der Waals surface area contributed by atoms with Crippen LogP contribution in [0.1, 0.15) is 23.1 Å². The fourth-order valence-corrected chi connectivity index (χ4v) is 2.65. The highest BCUT2D eigenvalue weighted by Gasteiger charge is 2.23. The Balaban J connectivity index is 2.11. The van der Waals surface area contributed by atoms with Gasteiger partial charge in [-0.15, -0.1) is 0 Å². The predicted molar refractivity (Wildman–Crippen MR) is 77.1 cm³/mol. The number of anilines is 1. The Labute approximate surface area is 118 Å². The van der Waals surface area contributed by atoms with Crippen LogP contribution in [0.4, 0.5) is 5.69 Å². The summed E-state index contributed by atoms with van der Waals surface area (Å²) in [6, 6.07) is 18.0. The number of nitriles is 1. The molecule has 1 heterocycles. The summed E-state index contributed by atoms with van der Waals surface area (Å²) in [5.41, 5.74) is 4.44. The fourth-order valence-electron chi connectivity index (χ4n) is 2.65. The van der Waals surface area contributed by atoms with Gasteiger partial charge in [0.1, 0.15) is 6.42 Å². The molecule has 0 bridgehead atoms. The summed E-state index contributed by atoms with van der Waals surface area (Å²) in [7, 11) is 0. The molecule has 0 atom stereocenters. The van der Waals surface area contributed by atoms with Gasteiger partial charge in [0, 0.05) is 5.69 Å². The monoisotopic (exact) mass is 262 g/mol. The molecule has 0 saturated carbocycles. The van der Waals surface area contributed by atoms with Crippen molar-refractivity contribution >= 4 is 11.6 Å². The lowest BCUT2D eigenvalue weighted by Crippen LogP contribution is -2.29. The second kappa shape index (κ2) is 5.18. The second-order valence-corrected chi connectivity index (χ2v) is 4.89. The van der Waals surface area contributed by atoms with Crippen LogP contribution in [0.3, 0.4) is 0 Å². The van der Waals surface area contributed by atoms with Gasteiger partial charge in [0.05, 0.1) is 12.6 Å². The lowest BCUT2D eigenvalue weighted by atomic mass is 10.0. The Hall–Kier alpha value is -2.60. The van der Waals surface area contributed by atoms with Crippen molar-refractivity contribution in [3.8, 4) is 6.07 Å².